The predicted octanol–water partition coefficient (Wildman–Crippen LogP) is 2.69. The molecule has 1 aromatic carbocycles. The van der Waals surface area contributed by atoms with Crippen molar-refractivity contribution in [1.29, 1.82) is 0 Å². The number of carbonyl (C=O) groups excluding carboxylic acids is 1. The Bertz CT molecular complexity index is 699. The van der Waals surface area contributed by atoms with Crippen LogP contribution in [-0.4, -0.2) is 30.3 Å². The number of carbonyl (C=O) groups is 1. The van der Waals surface area contributed by atoms with Gasteiger partial charge in [0.2, 0.25) is 0 Å². The molecule has 1 amide bonds. The van der Waals surface area contributed by atoms with E-state index in [9.17, 15) is 4.79 Å². The molecule has 0 spiro atoms. The minimum atomic E-state index is -0.299. The molecular formula is C19H25N3O3S. The van der Waals surface area contributed by atoms with E-state index in [1.165, 1.54) is 24.8 Å². The summed E-state index contributed by atoms with van der Waals surface area (Å²) in [5, 5.41) is 3.67. The number of hydrogen-bond donors (Lipinski definition) is 3. The molecule has 1 fully saturated rings. The van der Waals surface area contributed by atoms with Gasteiger partial charge in [-0.15, -0.1) is 0 Å². The van der Waals surface area contributed by atoms with Crippen LogP contribution >= 0.6 is 12.2 Å². The third kappa shape index (κ3) is 5.11. The molecule has 0 saturated heterocycles. The Morgan fingerprint density at radius 2 is 2.08 bits per heavy atom. The minimum absolute atomic E-state index is 0.105. The van der Waals surface area contributed by atoms with Gasteiger partial charge in [-0.1, -0.05) is 19.3 Å². The van der Waals surface area contributed by atoms with Gasteiger partial charge in [0, 0.05) is 17.7 Å². The lowest BCUT2D eigenvalue weighted by molar-refractivity contribution is -0.123. The van der Waals surface area contributed by atoms with Crippen LogP contribution in [0, 0.1) is 0 Å². The Balaban J connectivity index is 1.40. The van der Waals surface area contributed by atoms with Crippen LogP contribution in [0.5, 0.6) is 11.5 Å². The zero-order valence-electron chi connectivity index (χ0n) is 15.0. The number of ether oxygens (including phenoxy) is 2. The normalized spacial score (nSPS) is 16.6. The van der Waals surface area contributed by atoms with Gasteiger partial charge in [0.15, 0.2) is 11.7 Å². The number of thiocarbonyl (C=S) groups is 1. The van der Waals surface area contributed by atoms with Crippen LogP contribution in [-0.2, 0) is 4.79 Å². The highest BCUT2D eigenvalue weighted by atomic mass is 32.1. The molecule has 0 bridgehead atoms. The molecule has 2 aliphatic rings. The largest absolute Gasteiger partial charge is 0.489 e. The number of hydrogen-bond acceptors (Lipinski definition) is 4. The first-order valence-electron chi connectivity index (χ1n) is 9.04. The summed E-state index contributed by atoms with van der Waals surface area (Å²) in [7, 11) is 0. The molecule has 0 unspecified atom stereocenters. The van der Waals surface area contributed by atoms with E-state index in [2.05, 4.69) is 16.2 Å². The van der Waals surface area contributed by atoms with E-state index in [4.69, 9.17) is 21.7 Å². The fourth-order valence-corrected chi connectivity index (χ4v) is 3.40. The summed E-state index contributed by atoms with van der Waals surface area (Å²) in [6, 6.07) is 5.97. The van der Waals surface area contributed by atoms with Gasteiger partial charge < -0.3 is 14.8 Å². The van der Waals surface area contributed by atoms with Crippen LogP contribution in [0.4, 0.5) is 0 Å². The molecule has 6 nitrogen and oxygen atoms in total. The van der Waals surface area contributed by atoms with Gasteiger partial charge in [-0.2, -0.15) is 0 Å². The lowest BCUT2D eigenvalue weighted by atomic mass is 9.96. The maximum atomic E-state index is 11.9. The quantitative estimate of drug-likeness (QED) is 0.555. The zero-order chi connectivity index (χ0) is 18.4. The first-order valence-corrected chi connectivity index (χ1v) is 9.45. The average molecular weight is 375 g/mol. The van der Waals surface area contributed by atoms with Crippen molar-refractivity contribution in [2.24, 2.45) is 0 Å². The monoisotopic (exact) mass is 375 g/mol. The van der Waals surface area contributed by atoms with Crippen LogP contribution < -0.4 is 25.6 Å². The topological polar surface area (TPSA) is 71.6 Å². The number of rotatable bonds is 4. The van der Waals surface area contributed by atoms with Crippen molar-refractivity contribution in [2.75, 3.05) is 13.2 Å². The van der Waals surface area contributed by atoms with E-state index in [1.54, 1.807) is 0 Å². The number of fused-ring (bicyclic) bond motifs is 1. The van der Waals surface area contributed by atoms with Crippen molar-refractivity contribution in [3.05, 3.63) is 29.8 Å². The number of nitrogens with one attached hydrogen (secondary N) is 3. The van der Waals surface area contributed by atoms with E-state index in [-0.39, 0.29) is 12.5 Å². The lowest BCUT2D eigenvalue weighted by Gasteiger charge is -2.24. The van der Waals surface area contributed by atoms with Crippen molar-refractivity contribution >= 4 is 28.8 Å². The molecule has 1 heterocycles. The number of hydrazine groups is 1. The van der Waals surface area contributed by atoms with Gasteiger partial charge in [-0.05, 0) is 55.8 Å². The second-order valence-electron chi connectivity index (χ2n) is 6.63. The molecule has 3 rings (SSSR count). The van der Waals surface area contributed by atoms with Crippen LogP contribution in [0.1, 0.15) is 44.6 Å². The van der Waals surface area contributed by atoms with E-state index >= 15 is 0 Å². The molecule has 1 aliphatic carbocycles. The molecule has 140 valence electrons. The second-order valence-corrected chi connectivity index (χ2v) is 7.03. The van der Waals surface area contributed by atoms with Gasteiger partial charge in [0.25, 0.3) is 5.91 Å². The zero-order valence-corrected chi connectivity index (χ0v) is 15.8. The van der Waals surface area contributed by atoms with Gasteiger partial charge in [0.1, 0.15) is 18.1 Å². The summed E-state index contributed by atoms with van der Waals surface area (Å²) in [6.45, 7) is 2.50. The molecule has 0 aromatic heterocycles. The molecular weight excluding hydrogens is 350 g/mol. The molecule has 1 saturated carbocycles. The van der Waals surface area contributed by atoms with Crippen LogP contribution in [0.3, 0.4) is 0 Å². The van der Waals surface area contributed by atoms with Crippen molar-refractivity contribution in [1.82, 2.24) is 16.2 Å². The SMILES string of the molecule is CC1=CCOc2cc(OCC(=O)NNC(=S)NC3CCCCC3)ccc21. The highest BCUT2D eigenvalue weighted by Crippen LogP contribution is 2.32. The highest BCUT2D eigenvalue weighted by molar-refractivity contribution is 7.80. The predicted molar refractivity (Wildman–Crippen MR) is 105 cm³/mol. The Morgan fingerprint density at radius 3 is 2.88 bits per heavy atom. The number of amides is 1. The van der Waals surface area contributed by atoms with E-state index in [0.29, 0.717) is 23.5 Å². The second kappa shape index (κ2) is 8.89. The summed E-state index contributed by atoms with van der Waals surface area (Å²) in [5.74, 6) is 1.07. The third-order valence-electron chi connectivity index (χ3n) is 4.63. The summed E-state index contributed by atoms with van der Waals surface area (Å²) in [5.41, 5.74) is 7.51. The van der Waals surface area contributed by atoms with Crippen LogP contribution in [0.25, 0.3) is 5.57 Å². The van der Waals surface area contributed by atoms with Gasteiger partial charge in [0.05, 0.1) is 0 Å². The first-order chi connectivity index (χ1) is 12.6. The number of allylic oxidation sites excluding steroid dienone is 1. The molecule has 1 aliphatic heterocycles. The number of benzene rings is 1. The van der Waals surface area contributed by atoms with Crippen LogP contribution in [0.15, 0.2) is 24.3 Å². The Kier molecular flexibility index (Phi) is 6.33. The fourth-order valence-electron chi connectivity index (χ4n) is 3.18. The maximum absolute atomic E-state index is 11.9. The molecule has 1 aromatic rings. The van der Waals surface area contributed by atoms with Gasteiger partial charge in [-0.25, -0.2) is 0 Å². The maximum Gasteiger partial charge on any atom is 0.276 e. The molecule has 26 heavy (non-hydrogen) atoms. The van der Waals surface area contributed by atoms with Gasteiger partial charge >= 0.3 is 0 Å². The summed E-state index contributed by atoms with van der Waals surface area (Å²) in [4.78, 5) is 11.9. The third-order valence-corrected chi connectivity index (χ3v) is 4.85. The highest BCUT2D eigenvalue weighted by Gasteiger charge is 2.15. The average Bonchev–Trinajstić information content (AvgIpc) is 2.65. The summed E-state index contributed by atoms with van der Waals surface area (Å²) in [6.07, 6.45) is 8.00. The Morgan fingerprint density at radius 1 is 1.27 bits per heavy atom. The Hall–Kier alpha value is -2.28. The van der Waals surface area contributed by atoms with Crippen molar-refractivity contribution < 1.29 is 14.3 Å². The van der Waals surface area contributed by atoms with E-state index in [1.807, 2.05) is 31.2 Å². The van der Waals surface area contributed by atoms with Crippen molar-refractivity contribution in [3.8, 4) is 11.5 Å². The molecule has 0 atom stereocenters. The lowest BCUT2D eigenvalue weighted by Crippen LogP contribution is -2.51. The van der Waals surface area contributed by atoms with Crippen LogP contribution in [0.2, 0.25) is 0 Å². The Labute approximate surface area is 159 Å². The van der Waals surface area contributed by atoms with Crippen molar-refractivity contribution in [2.45, 2.75) is 45.1 Å². The molecule has 0 radical (unpaired) electrons. The first kappa shape index (κ1) is 18.5. The smallest absolute Gasteiger partial charge is 0.276 e. The van der Waals surface area contributed by atoms with Crippen molar-refractivity contribution in [3.63, 3.8) is 0 Å². The van der Waals surface area contributed by atoms with Gasteiger partial charge in [-0.3, -0.25) is 15.6 Å². The molecule has 3 N–H and O–H groups in total. The fraction of sp³-hybridized carbons (Fsp3) is 0.474. The van der Waals surface area contributed by atoms with E-state index in [0.717, 1.165) is 24.2 Å². The minimum Gasteiger partial charge on any atom is -0.489 e. The summed E-state index contributed by atoms with van der Waals surface area (Å²) < 4.78 is 11.1. The summed E-state index contributed by atoms with van der Waals surface area (Å²) >= 11 is 5.21. The standard InChI is InChI=1S/C19H25N3O3S/c1-13-9-10-24-17-11-15(7-8-16(13)17)25-12-18(23)21-22-19(26)20-14-5-3-2-4-6-14/h7-9,11,14H,2-6,10,12H2,1H3,(H,21,23)(H2,20,22,26). The molecule has 7 heteroatoms. The van der Waals surface area contributed by atoms with E-state index < -0.39 is 0 Å².